The molecule has 0 atom stereocenters. The molecule has 1 heterocycles. The second-order valence-corrected chi connectivity index (χ2v) is 3.42. The highest BCUT2D eigenvalue weighted by Gasteiger charge is 2.14. The normalized spacial score (nSPS) is 13.7. The molecule has 0 aliphatic carbocycles. The topological polar surface area (TPSA) is 55.2 Å². The second kappa shape index (κ2) is 2.67. The van der Waals surface area contributed by atoms with Crippen LogP contribution in [0, 0.1) is 10.1 Å². The summed E-state index contributed by atoms with van der Waals surface area (Å²) in [5.74, 6) is 0.802. The third kappa shape index (κ3) is 1.12. The van der Waals surface area contributed by atoms with Crippen LogP contribution in [0.2, 0.25) is 0 Å². The molecule has 2 rings (SSSR count). The van der Waals surface area contributed by atoms with Gasteiger partial charge in [-0.2, -0.15) is 0 Å². The van der Waals surface area contributed by atoms with Crippen LogP contribution in [0.25, 0.3) is 0 Å². The summed E-state index contributed by atoms with van der Waals surface area (Å²) in [5, 5.41) is 13.5. The number of non-ortho nitro benzene ring substituents is 1. The van der Waals surface area contributed by atoms with E-state index in [1.54, 1.807) is 23.9 Å². The Balaban J connectivity index is 2.45. The minimum absolute atomic E-state index is 0.157. The molecule has 0 saturated heterocycles. The fraction of sp³-hybridized carbons (Fsp3) is 0.143. The highest BCUT2D eigenvalue weighted by Crippen LogP contribution is 2.35. The zero-order valence-corrected chi connectivity index (χ0v) is 6.93. The van der Waals surface area contributed by atoms with Crippen molar-refractivity contribution in [1.29, 1.82) is 0 Å². The third-order valence-electron chi connectivity index (χ3n) is 1.67. The maximum absolute atomic E-state index is 10.4. The zero-order valence-electron chi connectivity index (χ0n) is 6.11. The summed E-state index contributed by atoms with van der Waals surface area (Å²) in [6, 6.07) is 4.85. The van der Waals surface area contributed by atoms with Crippen LogP contribution in [0.4, 0.5) is 11.4 Å². The number of nitrogens with zero attached hydrogens (tertiary/aromatic N) is 1. The van der Waals surface area contributed by atoms with E-state index in [-0.39, 0.29) is 10.6 Å². The highest BCUT2D eigenvalue weighted by molar-refractivity contribution is 7.99. The van der Waals surface area contributed by atoms with Gasteiger partial charge in [-0.25, -0.2) is 0 Å². The molecule has 1 N–H and O–H groups in total. The average Bonchev–Trinajstić information content (AvgIpc) is 2.49. The molecule has 0 unspecified atom stereocenters. The number of benzene rings is 1. The van der Waals surface area contributed by atoms with E-state index in [0.717, 1.165) is 16.5 Å². The van der Waals surface area contributed by atoms with E-state index in [4.69, 9.17) is 0 Å². The second-order valence-electron chi connectivity index (χ2n) is 2.40. The van der Waals surface area contributed by atoms with Crippen LogP contribution >= 0.6 is 11.8 Å². The van der Waals surface area contributed by atoms with Crippen LogP contribution < -0.4 is 5.32 Å². The lowest BCUT2D eigenvalue weighted by molar-refractivity contribution is -0.385. The lowest BCUT2D eigenvalue weighted by Crippen LogP contribution is -1.89. The molecule has 5 heteroatoms. The Morgan fingerprint density at radius 3 is 3.17 bits per heavy atom. The van der Waals surface area contributed by atoms with Crippen molar-refractivity contribution in [1.82, 2.24) is 0 Å². The van der Waals surface area contributed by atoms with Gasteiger partial charge in [0.25, 0.3) is 5.69 Å². The molecule has 0 saturated carbocycles. The molecule has 1 aliphatic heterocycles. The fourth-order valence-corrected chi connectivity index (χ4v) is 1.96. The molecule has 62 valence electrons. The number of hydrogen-bond acceptors (Lipinski definition) is 4. The van der Waals surface area contributed by atoms with E-state index < -0.39 is 0 Å². The zero-order chi connectivity index (χ0) is 8.55. The fourth-order valence-electron chi connectivity index (χ4n) is 1.08. The van der Waals surface area contributed by atoms with E-state index in [0.29, 0.717) is 0 Å². The summed E-state index contributed by atoms with van der Waals surface area (Å²) in [5.41, 5.74) is 1.15. The lowest BCUT2D eigenvalue weighted by Gasteiger charge is -1.96. The van der Waals surface area contributed by atoms with E-state index in [1.165, 1.54) is 6.07 Å². The molecule has 0 radical (unpaired) electrons. The number of rotatable bonds is 1. The number of nitro groups is 1. The van der Waals surface area contributed by atoms with Crippen molar-refractivity contribution in [3.05, 3.63) is 28.3 Å². The van der Waals surface area contributed by atoms with Crippen molar-refractivity contribution in [3.8, 4) is 0 Å². The van der Waals surface area contributed by atoms with Gasteiger partial charge in [0.1, 0.15) is 0 Å². The molecular weight excluding hydrogens is 176 g/mol. The standard InChI is InChI=1S/C7H6N2O2S/c10-9(11)5-1-2-6-7(3-5)12-4-8-6/h1-3,8H,4H2. The van der Waals surface area contributed by atoms with Crippen LogP contribution in [0.15, 0.2) is 23.1 Å². The predicted octanol–water partition coefficient (Wildman–Crippen LogP) is 2.07. The Hall–Kier alpha value is -1.23. The SMILES string of the molecule is O=[N+]([O-])c1ccc2c(c1)SCN2. The first kappa shape index (κ1) is 7.42. The van der Waals surface area contributed by atoms with Crippen molar-refractivity contribution in [2.24, 2.45) is 0 Å². The van der Waals surface area contributed by atoms with E-state index in [2.05, 4.69) is 5.32 Å². The minimum Gasteiger partial charge on any atom is -0.375 e. The Bertz CT molecular complexity index is 340. The third-order valence-corrected chi connectivity index (χ3v) is 2.60. The molecule has 0 fully saturated rings. The molecule has 1 aromatic rings. The minimum atomic E-state index is -0.376. The molecule has 12 heavy (non-hydrogen) atoms. The number of hydrogen-bond donors (Lipinski definition) is 1. The maximum atomic E-state index is 10.4. The molecule has 0 amide bonds. The lowest BCUT2D eigenvalue weighted by atomic mass is 10.3. The summed E-state index contributed by atoms with van der Waals surface area (Å²) in [6.45, 7) is 0. The number of nitrogens with one attached hydrogen (secondary N) is 1. The molecule has 0 spiro atoms. The van der Waals surface area contributed by atoms with Gasteiger partial charge in [0.15, 0.2) is 0 Å². The van der Waals surface area contributed by atoms with Gasteiger partial charge in [-0.1, -0.05) is 0 Å². The smallest absolute Gasteiger partial charge is 0.270 e. The Morgan fingerprint density at radius 1 is 1.58 bits per heavy atom. The number of nitro benzene ring substituents is 1. The molecule has 4 nitrogen and oxygen atoms in total. The first-order valence-corrected chi connectivity index (χ1v) is 4.41. The molecule has 0 bridgehead atoms. The monoisotopic (exact) mass is 182 g/mol. The average molecular weight is 182 g/mol. The number of anilines is 1. The van der Waals surface area contributed by atoms with Gasteiger partial charge in [-0.05, 0) is 6.07 Å². The van der Waals surface area contributed by atoms with Gasteiger partial charge in [0.2, 0.25) is 0 Å². The first-order valence-electron chi connectivity index (χ1n) is 3.42. The highest BCUT2D eigenvalue weighted by atomic mass is 32.2. The predicted molar refractivity (Wildman–Crippen MR) is 47.4 cm³/mol. The Labute approximate surface area is 73.1 Å². The summed E-state index contributed by atoms with van der Waals surface area (Å²) < 4.78 is 0. The summed E-state index contributed by atoms with van der Waals surface area (Å²) in [6.07, 6.45) is 0. The van der Waals surface area contributed by atoms with E-state index in [1.807, 2.05) is 0 Å². The van der Waals surface area contributed by atoms with E-state index >= 15 is 0 Å². The first-order chi connectivity index (χ1) is 5.77. The molecule has 1 aliphatic rings. The van der Waals surface area contributed by atoms with Crippen molar-refractivity contribution in [2.75, 3.05) is 11.2 Å². The van der Waals surface area contributed by atoms with Crippen molar-refractivity contribution >= 4 is 23.1 Å². The molecule has 0 aromatic heterocycles. The summed E-state index contributed by atoms with van der Waals surface area (Å²) in [4.78, 5) is 11.0. The molecular formula is C7H6N2O2S. The van der Waals surface area contributed by atoms with Gasteiger partial charge in [-0.3, -0.25) is 10.1 Å². The quantitative estimate of drug-likeness (QED) is 0.533. The van der Waals surface area contributed by atoms with Crippen LogP contribution in [0.5, 0.6) is 0 Å². The summed E-state index contributed by atoms with van der Waals surface area (Å²) >= 11 is 1.58. The van der Waals surface area contributed by atoms with Gasteiger partial charge in [0, 0.05) is 22.7 Å². The van der Waals surface area contributed by atoms with Crippen LogP contribution in [-0.2, 0) is 0 Å². The van der Waals surface area contributed by atoms with Crippen molar-refractivity contribution in [3.63, 3.8) is 0 Å². The Morgan fingerprint density at radius 2 is 2.42 bits per heavy atom. The maximum Gasteiger partial charge on any atom is 0.270 e. The largest absolute Gasteiger partial charge is 0.375 e. The molecule has 1 aromatic carbocycles. The van der Waals surface area contributed by atoms with Gasteiger partial charge < -0.3 is 5.32 Å². The number of fused-ring (bicyclic) bond motifs is 1. The van der Waals surface area contributed by atoms with Gasteiger partial charge >= 0.3 is 0 Å². The number of thioether (sulfide) groups is 1. The van der Waals surface area contributed by atoms with Crippen LogP contribution in [0.1, 0.15) is 0 Å². The van der Waals surface area contributed by atoms with Crippen LogP contribution in [0.3, 0.4) is 0 Å². The summed E-state index contributed by atoms with van der Waals surface area (Å²) in [7, 11) is 0. The van der Waals surface area contributed by atoms with Crippen molar-refractivity contribution < 1.29 is 4.92 Å². The van der Waals surface area contributed by atoms with Crippen molar-refractivity contribution in [2.45, 2.75) is 4.90 Å². The van der Waals surface area contributed by atoms with Gasteiger partial charge in [-0.15, -0.1) is 11.8 Å². The van der Waals surface area contributed by atoms with Crippen LogP contribution in [-0.4, -0.2) is 10.8 Å². The van der Waals surface area contributed by atoms with Gasteiger partial charge in [0.05, 0.1) is 10.8 Å². The van der Waals surface area contributed by atoms with E-state index in [9.17, 15) is 10.1 Å². The Kier molecular flexibility index (Phi) is 1.65.